The molecule has 2 N–H and O–H groups in total. The van der Waals surface area contributed by atoms with E-state index in [4.69, 9.17) is 18.9 Å². The molecule has 0 spiro atoms. The van der Waals surface area contributed by atoms with E-state index in [1.165, 1.54) is 5.56 Å². The summed E-state index contributed by atoms with van der Waals surface area (Å²) in [5, 5.41) is 6.25. The molecule has 6 aliphatic rings. The Labute approximate surface area is 659 Å². The molecule has 9 aromatic carbocycles. The Bertz CT molecular complexity index is 4610. The fourth-order valence-electron chi connectivity index (χ4n) is 16.3. The number of aryl methyl sites for hydroxylation is 1. The summed E-state index contributed by atoms with van der Waals surface area (Å²) in [6.45, 7) is 12.3. The third-order valence-electron chi connectivity index (χ3n) is 22.5. The number of nitrogens with one attached hydrogen (secondary N) is 2. The van der Waals surface area contributed by atoms with Crippen LogP contribution in [-0.2, 0) is 33.8 Å². The van der Waals surface area contributed by atoms with Gasteiger partial charge in [0.1, 0.15) is 23.0 Å². The average Bonchev–Trinajstić information content (AvgIpc) is 0.800. The number of methoxy groups -OCH3 is 1. The lowest BCUT2D eigenvalue weighted by Crippen LogP contribution is -2.45. The minimum Gasteiger partial charge on any atom is -0.497 e. The largest absolute Gasteiger partial charge is 0.497 e. The van der Waals surface area contributed by atoms with Crippen LogP contribution in [0.2, 0.25) is 0 Å². The van der Waals surface area contributed by atoms with Gasteiger partial charge in [0.15, 0.2) is 19.8 Å². The van der Waals surface area contributed by atoms with Crippen molar-refractivity contribution in [3.8, 4) is 23.0 Å². The molecule has 0 bridgehead atoms. The number of piperidine rings is 3. The summed E-state index contributed by atoms with van der Waals surface area (Å²) in [6, 6.07) is 75.9. The molecule has 15 rings (SSSR count). The first-order valence-electron chi connectivity index (χ1n) is 39.9. The Balaban J connectivity index is 0.000000147. The van der Waals surface area contributed by atoms with Crippen LogP contribution in [0.15, 0.2) is 231 Å². The monoisotopic (exact) mass is 1510 g/mol. The summed E-state index contributed by atoms with van der Waals surface area (Å²) in [6.07, 6.45) is 9.81. The molecular weight excluding hydrogens is 1400 g/mol. The lowest BCUT2D eigenvalue weighted by atomic mass is 9.86. The molecule has 6 aliphatic heterocycles. The number of hydrogen-bond donors (Lipinski definition) is 2. The van der Waals surface area contributed by atoms with E-state index in [2.05, 4.69) is 79.9 Å². The van der Waals surface area contributed by atoms with E-state index in [1.807, 2.05) is 198 Å². The van der Waals surface area contributed by atoms with Crippen LogP contribution >= 0.6 is 0 Å². The number of hydrogen-bond acceptors (Lipinski definition) is 13. The van der Waals surface area contributed by atoms with Crippen LogP contribution in [0.4, 0.5) is 17.1 Å². The van der Waals surface area contributed by atoms with Crippen molar-refractivity contribution >= 4 is 52.5 Å². The number of para-hydroxylation sites is 6. The molecule has 3 saturated heterocycles. The van der Waals surface area contributed by atoms with E-state index < -0.39 is 0 Å². The van der Waals surface area contributed by atoms with Crippen LogP contribution in [0.25, 0.3) is 0 Å². The number of likely N-dealkylation sites (tertiary alicyclic amines) is 3. The Kier molecular flexibility index (Phi) is 28.0. The van der Waals surface area contributed by atoms with E-state index in [1.54, 1.807) is 12.0 Å². The highest BCUT2D eigenvalue weighted by atomic mass is 16.5. The zero-order valence-electron chi connectivity index (χ0n) is 64.7. The van der Waals surface area contributed by atoms with Crippen LogP contribution in [0.1, 0.15) is 134 Å². The second kappa shape index (κ2) is 39.7. The molecule has 3 fully saturated rings. The molecule has 0 aromatic heterocycles. The fourth-order valence-corrected chi connectivity index (χ4v) is 16.3. The molecule has 0 radical (unpaired) electrons. The van der Waals surface area contributed by atoms with Gasteiger partial charge in [-0.15, -0.1) is 0 Å². The van der Waals surface area contributed by atoms with Gasteiger partial charge in [-0.2, -0.15) is 0 Å². The van der Waals surface area contributed by atoms with Crippen LogP contribution in [0.3, 0.4) is 0 Å². The highest BCUT2D eigenvalue weighted by Gasteiger charge is 2.33. The van der Waals surface area contributed by atoms with Crippen molar-refractivity contribution in [2.24, 2.45) is 0 Å². The molecule has 0 saturated carbocycles. The number of carbonyl (C=O) groups excluding carboxylic acids is 6. The second-order valence-corrected chi connectivity index (χ2v) is 29.7. The summed E-state index contributed by atoms with van der Waals surface area (Å²) in [7, 11) is 3.53. The lowest BCUT2D eigenvalue weighted by molar-refractivity contribution is -0.122. The molecule has 19 nitrogen and oxygen atoms in total. The minimum atomic E-state index is -0.0181. The maximum Gasteiger partial charge on any atom is 0.265 e. The van der Waals surface area contributed by atoms with Crippen molar-refractivity contribution < 1.29 is 47.7 Å². The van der Waals surface area contributed by atoms with Crippen molar-refractivity contribution in [2.75, 3.05) is 140 Å². The Morgan fingerprint density at radius 2 is 0.759 bits per heavy atom. The third-order valence-corrected chi connectivity index (χ3v) is 22.5. The van der Waals surface area contributed by atoms with E-state index in [0.29, 0.717) is 57.0 Å². The van der Waals surface area contributed by atoms with E-state index >= 15 is 0 Å². The fraction of sp³-hybridized carbons (Fsp3) is 0.355. The highest BCUT2D eigenvalue weighted by Crippen LogP contribution is 2.38. The van der Waals surface area contributed by atoms with Gasteiger partial charge < -0.3 is 63.9 Å². The molecule has 582 valence electrons. The Hall–Kier alpha value is -11.1. The maximum absolute atomic E-state index is 13.4. The van der Waals surface area contributed by atoms with Crippen molar-refractivity contribution in [1.29, 1.82) is 0 Å². The number of ether oxygens (including phenoxy) is 4. The Morgan fingerprint density at radius 3 is 1.20 bits per heavy atom. The van der Waals surface area contributed by atoms with Crippen molar-refractivity contribution in [2.45, 2.75) is 88.5 Å². The van der Waals surface area contributed by atoms with Crippen LogP contribution in [0.5, 0.6) is 23.0 Å². The molecule has 19 heteroatoms. The van der Waals surface area contributed by atoms with Gasteiger partial charge in [0, 0.05) is 82.6 Å². The van der Waals surface area contributed by atoms with E-state index in [9.17, 15) is 28.8 Å². The SMILES string of the molecule is CN(Cc1ccccc1)C(=O)c1ccccc1C1CCN(CCN2C(=O)COc3ccccc32)CC1.COc1cccc(CCNC(=O)c2ccccc2C2CCN(CCN3C(=O)COc4ccccc43)CC2)c1.O=C(NCCCCc1ccccc1)c1ccccc1C1CCN(CCN2C(=O)COc3ccccc32)CC1. The quantitative estimate of drug-likeness (QED) is 0.0488. The normalized spacial score (nSPS) is 16.2. The smallest absolute Gasteiger partial charge is 0.265 e. The summed E-state index contributed by atoms with van der Waals surface area (Å²) < 4.78 is 22.0. The number of unbranched alkanes of at least 4 members (excludes halogenated alkanes) is 1. The number of nitrogens with zero attached hydrogens (tertiary/aromatic N) is 7. The van der Waals surface area contributed by atoms with Gasteiger partial charge in [0.2, 0.25) is 0 Å². The molecule has 0 aliphatic carbocycles. The van der Waals surface area contributed by atoms with Crippen LogP contribution in [0, 0.1) is 0 Å². The van der Waals surface area contributed by atoms with Gasteiger partial charge in [-0.1, -0.05) is 164 Å². The van der Waals surface area contributed by atoms with E-state index in [0.717, 1.165) is 208 Å². The van der Waals surface area contributed by atoms with Gasteiger partial charge in [0.05, 0.1) is 24.2 Å². The topological polar surface area (TPSA) is 186 Å². The molecule has 0 unspecified atom stereocenters. The van der Waals surface area contributed by atoms with Crippen molar-refractivity contribution in [1.82, 2.24) is 30.2 Å². The summed E-state index contributed by atoms with van der Waals surface area (Å²) in [4.78, 5) is 91.6. The lowest BCUT2D eigenvalue weighted by Gasteiger charge is -2.35. The van der Waals surface area contributed by atoms with Gasteiger partial charge in [-0.05, 0) is 221 Å². The van der Waals surface area contributed by atoms with Crippen molar-refractivity contribution in [3.63, 3.8) is 0 Å². The minimum absolute atomic E-state index is 0.00456. The zero-order chi connectivity index (χ0) is 77.4. The number of anilines is 3. The standard InChI is InChI=1S/C32H37N3O3.C31H35N3O4.C30H33N3O3/c36-31-24-38-30-16-7-6-15-29(30)35(31)23-22-34-20-17-26(18-21-34)27-13-4-5-14-28(27)32(37)33-19-9-8-12-25-10-2-1-3-11-25;1-37-25-8-6-7-23(21-25)13-16-32-31(36)27-10-3-2-9-26(27)24-14-17-33(18-15-24)19-20-34-28-11-4-5-12-29(28)38-22-30(34)35;1-31(21-23-9-3-2-4-10-23)30(35)26-12-6-5-11-25(26)24-15-17-32(18-16-24)19-20-33-27-13-7-8-14-28(27)36-22-29(33)34/h1-7,10-11,13-16,26H,8-9,12,17-24H2,(H,33,37);2-12,21,24H,13-20,22H2,1H3,(H,32,36);2-14,24H,15-22H2,1H3. The summed E-state index contributed by atoms with van der Waals surface area (Å²) in [5.41, 5.74) is 12.0. The number of carbonyl (C=O) groups is 6. The average molecular weight is 1510 g/mol. The van der Waals surface area contributed by atoms with Crippen LogP contribution < -0.4 is 44.3 Å². The molecular formula is C93H105N9O10. The number of fused-ring (bicyclic) bond motifs is 3. The maximum atomic E-state index is 13.4. The number of amides is 6. The first-order valence-corrected chi connectivity index (χ1v) is 39.9. The Morgan fingerprint density at radius 1 is 0.393 bits per heavy atom. The first kappa shape index (κ1) is 79.0. The summed E-state index contributed by atoms with van der Waals surface area (Å²) >= 11 is 0. The number of benzene rings is 9. The van der Waals surface area contributed by atoms with Crippen molar-refractivity contribution in [3.05, 3.63) is 281 Å². The van der Waals surface area contributed by atoms with Gasteiger partial charge >= 0.3 is 0 Å². The zero-order valence-corrected chi connectivity index (χ0v) is 64.7. The van der Waals surface area contributed by atoms with Gasteiger partial charge in [0.25, 0.3) is 35.4 Å². The number of rotatable bonds is 26. The predicted molar refractivity (Wildman–Crippen MR) is 440 cm³/mol. The summed E-state index contributed by atoms with van der Waals surface area (Å²) in [5.74, 6) is 4.33. The first-order chi connectivity index (χ1) is 54.9. The molecule has 6 heterocycles. The van der Waals surface area contributed by atoms with Gasteiger partial charge in [-0.3, -0.25) is 28.8 Å². The molecule has 112 heavy (non-hydrogen) atoms. The molecule has 9 aromatic rings. The van der Waals surface area contributed by atoms with Crippen LogP contribution in [-0.4, -0.2) is 181 Å². The molecule has 6 amide bonds. The predicted octanol–water partition coefficient (Wildman–Crippen LogP) is 13.9. The molecule has 0 atom stereocenters. The van der Waals surface area contributed by atoms with Gasteiger partial charge in [-0.25, -0.2) is 0 Å². The van der Waals surface area contributed by atoms with E-state index in [-0.39, 0.29) is 55.3 Å². The highest BCUT2D eigenvalue weighted by molar-refractivity contribution is 6.00. The second-order valence-electron chi connectivity index (χ2n) is 29.7. The third kappa shape index (κ3) is 20.9.